The van der Waals surface area contributed by atoms with E-state index in [-0.39, 0.29) is 4.90 Å². The van der Waals surface area contributed by atoms with Crippen LogP contribution in [0.2, 0.25) is 0 Å². The lowest BCUT2D eigenvalue weighted by Crippen LogP contribution is -2.21. The second-order valence-corrected chi connectivity index (χ2v) is 7.08. The molecule has 2 rings (SSSR count). The van der Waals surface area contributed by atoms with Crippen LogP contribution in [0.1, 0.15) is 39.7 Å². The maximum atomic E-state index is 12.3. The Morgan fingerprint density at radius 1 is 1.26 bits per heavy atom. The maximum absolute atomic E-state index is 12.3. The first-order valence-electron chi connectivity index (χ1n) is 6.83. The number of hydrogen-bond donors (Lipinski definition) is 2. The van der Waals surface area contributed by atoms with Crippen LogP contribution in [0, 0.1) is 0 Å². The zero-order valence-corrected chi connectivity index (χ0v) is 13.0. The molecular weight excluding hydrogens is 260 g/mol. The molecule has 5 heteroatoms. The first-order chi connectivity index (χ1) is 8.94. The number of benzene rings is 1. The Morgan fingerprint density at radius 3 is 2.47 bits per heavy atom. The number of nitrogens with two attached hydrogens (primary N) is 1. The summed E-state index contributed by atoms with van der Waals surface area (Å²) >= 11 is 0. The molecule has 0 aliphatic carbocycles. The molecule has 1 heterocycles. The minimum atomic E-state index is -3.34. The second kappa shape index (κ2) is 6.28. The summed E-state index contributed by atoms with van der Waals surface area (Å²) < 4.78 is 24.6. The Kier molecular flexibility index (Phi) is 5.23. The second-order valence-electron chi connectivity index (χ2n) is 4.64. The topological polar surface area (TPSA) is 72.2 Å². The van der Waals surface area contributed by atoms with Crippen LogP contribution in [0.4, 0.5) is 11.4 Å². The van der Waals surface area contributed by atoms with E-state index in [1.165, 1.54) is 0 Å². The van der Waals surface area contributed by atoms with Crippen molar-refractivity contribution in [3.63, 3.8) is 0 Å². The highest BCUT2D eigenvalue weighted by Gasteiger charge is 2.28. The summed E-state index contributed by atoms with van der Waals surface area (Å²) in [4.78, 5) is 0.282. The third kappa shape index (κ3) is 3.03. The van der Waals surface area contributed by atoms with Gasteiger partial charge in [-0.1, -0.05) is 19.9 Å². The quantitative estimate of drug-likeness (QED) is 0.819. The largest absolute Gasteiger partial charge is 0.398 e. The van der Waals surface area contributed by atoms with Crippen LogP contribution in [0.5, 0.6) is 0 Å². The maximum Gasteiger partial charge on any atom is 0.184 e. The summed E-state index contributed by atoms with van der Waals surface area (Å²) in [5.41, 5.74) is 7.95. The van der Waals surface area contributed by atoms with Crippen LogP contribution in [-0.2, 0) is 16.3 Å². The number of aryl methyl sites for hydroxylation is 1. The van der Waals surface area contributed by atoms with Crippen molar-refractivity contribution in [3.8, 4) is 0 Å². The van der Waals surface area contributed by atoms with Crippen molar-refractivity contribution in [2.75, 3.05) is 17.6 Å². The Morgan fingerprint density at radius 2 is 1.89 bits per heavy atom. The van der Waals surface area contributed by atoms with Crippen molar-refractivity contribution in [1.82, 2.24) is 0 Å². The van der Waals surface area contributed by atoms with Crippen molar-refractivity contribution in [2.45, 2.75) is 50.7 Å². The number of hydrogen-bond acceptors (Lipinski definition) is 4. The van der Waals surface area contributed by atoms with Crippen LogP contribution >= 0.6 is 0 Å². The standard InChI is InChI=1S/C12H18N2O2S.C2H6/c1-8(2)17(15,16)12-10(13)6-5-9-4-3-7-14-11(9)12;1-2/h5-6,8,14H,3-4,7,13H2,1-2H3;1-2H3. The lowest BCUT2D eigenvalue weighted by molar-refractivity contribution is 0.587. The average molecular weight is 284 g/mol. The third-order valence-corrected chi connectivity index (χ3v) is 5.35. The van der Waals surface area contributed by atoms with Gasteiger partial charge in [0.1, 0.15) is 4.90 Å². The lowest BCUT2D eigenvalue weighted by atomic mass is 10.0. The summed E-state index contributed by atoms with van der Waals surface area (Å²) in [6.07, 6.45) is 1.93. The number of anilines is 2. The smallest absolute Gasteiger partial charge is 0.184 e. The lowest BCUT2D eigenvalue weighted by Gasteiger charge is -2.23. The number of fused-ring (bicyclic) bond motifs is 1. The molecule has 0 unspecified atom stereocenters. The summed E-state index contributed by atoms with van der Waals surface area (Å²) in [5, 5.41) is 2.72. The Balaban J connectivity index is 0.000000861. The minimum Gasteiger partial charge on any atom is -0.398 e. The van der Waals surface area contributed by atoms with Crippen molar-refractivity contribution in [3.05, 3.63) is 17.7 Å². The van der Waals surface area contributed by atoms with E-state index in [1.54, 1.807) is 19.9 Å². The highest BCUT2D eigenvalue weighted by Crippen LogP contribution is 2.35. The highest BCUT2D eigenvalue weighted by atomic mass is 32.2. The van der Waals surface area contributed by atoms with E-state index >= 15 is 0 Å². The monoisotopic (exact) mass is 284 g/mol. The van der Waals surface area contributed by atoms with E-state index in [0.29, 0.717) is 11.4 Å². The van der Waals surface area contributed by atoms with E-state index in [9.17, 15) is 8.42 Å². The average Bonchev–Trinajstić information content (AvgIpc) is 2.40. The molecule has 0 bridgehead atoms. The van der Waals surface area contributed by atoms with Gasteiger partial charge in [0.25, 0.3) is 0 Å². The SMILES string of the molecule is CC.CC(C)S(=O)(=O)c1c(N)ccc2c1NCCC2. The molecule has 1 aliphatic rings. The molecule has 0 saturated heterocycles. The molecule has 0 radical (unpaired) electrons. The Bertz CT molecular complexity index is 537. The molecular formula is C14H24N2O2S. The molecule has 1 aromatic rings. The van der Waals surface area contributed by atoms with Gasteiger partial charge in [-0.2, -0.15) is 0 Å². The number of nitrogens with one attached hydrogen (secondary N) is 1. The van der Waals surface area contributed by atoms with Gasteiger partial charge in [-0.3, -0.25) is 0 Å². The van der Waals surface area contributed by atoms with Crippen LogP contribution in [0.15, 0.2) is 17.0 Å². The molecule has 0 spiro atoms. The van der Waals surface area contributed by atoms with Crippen molar-refractivity contribution >= 4 is 21.2 Å². The number of rotatable bonds is 2. The van der Waals surface area contributed by atoms with E-state index in [0.717, 1.165) is 24.9 Å². The van der Waals surface area contributed by atoms with Gasteiger partial charge < -0.3 is 11.1 Å². The van der Waals surface area contributed by atoms with Crippen LogP contribution in [0.3, 0.4) is 0 Å². The Hall–Kier alpha value is -1.23. The molecule has 108 valence electrons. The molecule has 0 atom stereocenters. The summed E-state index contributed by atoms with van der Waals surface area (Å²) in [5.74, 6) is 0. The fourth-order valence-corrected chi connectivity index (χ4v) is 3.43. The van der Waals surface area contributed by atoms with E-state index < -0.39 is 15.1 Å². The van der Waals surface area contributed by atoms with Gasteiger partial charge in [0.2, 0.25) is 0 Å². The summed E-state index contributed by atoms with van der Waals surface area (Å²) in [6.45, 7) is 8.16. The van der Waals surface area contributed by atoms with E-state index in [4.69, 9.17) is 5.73 Å². The van der Waals surface area contributed by atoms with Crippen molar-refractivity contribution in [1.29, 1.82) is 0 Å². The number of nitrogen functional groups attached to an aromatic ring is 1. The van der Waals surface area contributed by atoms with Gasteiger partial charge in [-0.25, -0.2) is 8.42 Å². The fraction of sp³-hybridized carbons (Fsp3) is 0.571. The van der Waals surface area contributed by atoms with Gasteiger partial charge in [0.15, 0.2) is 9.84 Å². The van der Waals surface area contributed by atoms with Crippen molar-refractivity contribution < 1.29 is 8.42 Å². The highest BCUT2D eigenvalue weighted by molar-refractivity contribution is 7.92. The molecule has 1 aromatic carbocycles. The van der Waals surface area contributed by atoms with Gasteiger partial charge in [0, 0.05) is 6.54 Å². The van der Waals surface area contributed by atoms with Gasteiger partial charge >= 0.3 is 0 Å². The molecule has 1 aliphatic heterocycles. The van der Waals surface area contributed by atoms with Crippen LogP contribution in [0.25, 0.3) is 0 Å². The number of sulfone groups is 1. The minimum absolute atomic E-state index is 0.282. The van der Waals surface area contributed by atoms with E-state index in [2.05, 4.69) is 5.32 Å². The predicted molar refractivity (Wildman–Crippen MR) is 81.3 cm³/mol. The normalized spacial score (nSPS) is 14.2. The molecule has 4 nitrogen and oxygen atoms in total. The van der Waals surface area contributed by atoms with Gasteiger partial charge in [0.05, 0.1) is 16.6 Å². The zero-order chi connectivity index (χ0) is 14.6. The van der Waals surface area contributed by atoms with Crippen molar-refractivity contribution in [2.24, 2.45) is 0 Å². The zero-order valence-electron chi connectivity index (χ0n) is 12.2. The Labute approximate surface area is 116 Å². The molecule has 0 aromatic heterocycles. The third-order valence-electron chi connectivity index (χ3n) is 3.10. The fourth-order valence-electron chi connectivity index (χ4n) is 2.08. The molecule has 0 amide bonds. The first-order valence-corrected chi connectivity index (χ1v) is 8.38. The first kappa shape index (κ1) is 15.8. The molecule has 19 heavy (non-hydrogen) atoms. The molecule has 3 N–H and O–H groups in total. The van der Waals surface area contributed by atoms with Gasteiger partial charge in [-0.15, -0.1) is 0 Å². The van der Waals surface area contributed by atoms with Gasteiger partial charge in [-0.05, 0) is 38.3 Å². The van der Waals surface area contributed by atoms with Crippen LogP contribution < -0.4 is 11.1 Å². The molecule has 0 saturated carbocycles. The summed E-state index contributed by atoms with van der Waals surface area (Å²) in [6, 6.07) is 3.61. The van der Waals surface area contributed by atoms with Crippen LogP contribution in [-0.4, -0.2) is 20.2 Å². The summed E-state index contributed by atoms with van der Waals surface area (Å²) in [7, 11) is -3.34. The molecule has 0 fully saturated rings. The van der Waals surface area contributed by atoms with E-state index in [1.807, 2.05) is 19.9 Å². The predicted octanol–water partition coefficient (Wildman–Crippen LogP) is 2.84.